The normalized spacial score (nSPS) is 13.6. The molecule has 2 N–H and O–H groups in total. The molecule has 1 aromatic heterocycles. The molecule has 0 radical (unpaired) electrons. The second-order valence-corrected chi connectivity index (χ2v) is 4.42. The molecule has 0 saturated carbocycles. The third kappa shape index (κ3) is 1.45. The van der Waals surface area contributed by atoms with E-state index in [1.54, 1.807) is 6.07 Å². The maximum atomic E-state index is 5.99. The summed E-state index contributed by atoms with van der Waals surface area (Å²) in [4.78, 5) is 0. The Hall–Kier alpha value is -1.26. The molecule has 6 heteroatoms. The van der Waals surface area contributed by atoms with Crippen molar-refractivity contribution in [2.45, 2.75) is 6.54 Å². The molecule has 4 nitrogen and oxygen atoms in total. The summed E-state index contributed by atoms with van der Waals surface area (Å²) in [6.07, 6.45) is 0. The Kier molecular flexibility index (Phi) is 2.26. The van der Waals surface area contributed by atoms with E-state index in [1.807, 2.05) is 12.1 Å². The Morgan fingerprint density at radius 1 is 1.25 bits per heavy atom. The fraction of sp³-hybridized carbons (Fsp3) is 0.200. The summed E-state index contributed by atoms with van der Waals surface area (Å²) in [6.45, 7) is 1.81. The molecule has 3 rings (SSSR count). The zero-order valence-corrected chi connectivity index (χ0v) is 9.81. The summed E-state index contributed by atoms with van der Waals surface area (Å²) in [6, 6.07) is 5.55. The van der Waals surface area contributed by atoms with E-state index >= 15 is 0 Å². The lowest BCUT2D eigenvalue weighted by atomic mass is 10.2. The van der Waals surface area contributed by atoms with Crippen LogP contribution in [0.1, 0.15) is 0 Å². The number of halogens is 2. The number of hydrogen-bond donors (Lipinski definition) is 2. The minimum absolute atomic E-state index is 0.550. The average Bonchev–Trinajstić information content (AvgIpc) is 2.83. The first kappa shape index (κ1) is 9.93. The predicted molar refractivity (Wildman–Crippen MR) is 62.7 cm³/mol. The molecule has 2 aromatic rings. The van der Waals surface area contributed by atoms with Gasteiger partial charge in [0.25, 0.3) is 0 Å². The topological polar surface area (TPSA) is 44.6 Å². The van der Waals surface area contributed by atoms with E-state index in [4.69, 9.17) is 23.2 Å². The number of H-pyrrole nitrogens is 1. The van der Waals surface area contributed by atoms with Crippen LogP contribution in [0.15, 0.2) is 18.2 Å². The zero-order valence-electron chi connectivity index (χ0n) is 8.30. The van der Waals surface area contributed by atoms with Crippen LogP contribution in [0.4, 0.5) is 5.95 Å². The van der Waals surface area contributed by atoms with Crippen molar-refractivity contribution in [1.29, 1.82) is 0 Å². The van der Waals surface area contributed by atoms with Gasteiger partial charge in [-0.1, -0.05) is 23.2 Å². The van der Waals surface area contributed by atoms with Crippen LogP contribution in [0.2, 0.25) is 10.0 Å². The Morgan fingerprint density at radius 2 is 2.12 bits per heavy atom. The van der Waals surface area contributed by atoms with Crippen molar-refractivity contribution < 1.29 is 4.57 Å². The number of aromatic amines is 1. The number of aromatic nitrogens is 3. The monoisotopic (exact) mass is 255 g/mol. The van der Waals surface area contributed by atoms with Gasteiger partial charge in [-0.2, -0.15) is 5.10 Å². The third-order valence-electron chi connectivity index (χ3n) is 2.60. The lowest BCUT2D eigenvalue weighted by Crippen LogP contribution is -2.31. The molecule has 16 heavy (non-hydrogen) atoms. The van der Waals surface area contributed by atoms with Crippen LogP contribution in [-0.4, -0.2) is 16.7 Å². The van der Waals surface area contributed by atoms with E-state index in [2.05, 4.69) is 20.1 Å². The van der Waals surface area contributed by atoms with Crippen molar-refractivity contribution in [3.63, 3.8) is 0 Å². The minimum Gasteiger partial charge on any atom is -0.289 e. The van der Waals surface area contributed by atoms with Crippen LogP contribution >= 0.6 is 23.2 Å². The highest BCUT2D eigenvalue weighted by atomic mass is 35.5. The largest absolute Gasteiger partial charge is 0.378 e. The van der Waals surface area contributed by atoms with Gasteiger partial charge in [0, 0.05) is 10.7 Å². The van der Waals surface area contributed by atoms with Crippen molar-refractivity contribution in [1.82, 2.24) is 10.2 Å². The van der Waals surface area contributed by atoms with Crippen LogP contribution in [0.5, 0.6) is 0 Å². The molecule has 0 unspecified atom stereocenters. The van der Waals surface area contributed by atoms with Gasteiger partial charge >= 0.3 is 5.95 Å². The second-order valence-electron chi connectivity index (χ2n) is 3.60. The van der Waals surface area contributed by atoms with E-state index in [1.165, 1.54) is 0 Å². The molecule has 0 amide bonds. The van der Waals surface area contributed by atoms with E-state index in [9.17, 15) is 0 Å². The second kappa shape index (κ2) is 3.64. The Morgan fingerprint density at radius 3 is 2.94 bits per heavy atom. The summed E-state index contributed by atoms with van der Waals surface area (Å²) in [7, 11) is 0. The van der Waals surface area contributed by atoms with Gasteiger partial charge in [-0.15, -0.1) is 0 Å². The lowest BCUT2D eigenvalue weighted by molar-refractivity contribution is -0.659. The Labute approximate surface area is 102 Å². The number of nitrogens with zero attached hydrogens (tertiary/aromatic N) is 2. The van der Waals surface area contributed by atoms with Gasteiger partial charge in [-0.05, 0) is 18.2 Å². The van der Waals surface area contributed by atoms with Crippen LogP contribution in [0, 0.1) is 0 Å². The van der Waals surface area contributed by atoms with E-state index in [0.717, 1.165) is 30.4 Å². The average molecular weight is 256 g/mol. The maximum absolute atomic E-state index is 5.99. The number of benzene rings is 1. The van der Waals surface area contributed by atoms with Gasteiger partial charge in [0.15, 0.2) is 0 Å². The molecule has 82 valence electrons. The Bertz CT molecular complexity index is 550. The van der Waals surface area contributed by atoms with Crippen molar-refractivity contribution in [2.75, 3.05) is 11.9 Å². The molecular formula is C10H9Cl2N4+. The molecular weight excluding hydrogens is 247 g/mol. The van der Waals surface area contributed by atoms with E-state index < -0.39 is 0 Å². The predicted octanol–water partition coefficient (Wildman–Crippen LogP) is 2.10. The van der Waals surface area contributed by atoms with E-state index in [-0.39, 0.29) is 0 Å². The van der Waals surface area contributed by atoms with Crippen LogP contribution < -0.4 is 9.88 Å². The number of fused-ring (bicyclic) bond motifs is 1. The molecule has 0 saturated heterocycles. The molecule has 0 fully saturated rings. The maximum Gasteiger partial charge on any atom is 0.378 e. The quantitative estimate of drug-likeness (QED) is 0.767. The van der Waals surface area contributed by atoms with Gasteiger partial charge in [0.2, 0.25) is 5.82 Å². The molecule has 1 aliphatic rings. The molecule has 0 bridgehead atoms. The molecule has 0 aliphatic carbocycles. The smallest absolute Gasteiger partial charge is 0.289 e. The van der Waals surface area contributed by atoms with Gasteiger partial charge in [0.1, 0.15) is 0 Å². The van der Waals surface area contributed by atoms with Crippen molar-refractivity contribution in [3.05, 3.63) is 28.2 Å². The van der Waals surface area contributed by atoms with Gasteiger partial charge in [0.05, 0.1) is 23.1 Å². The molecule has 1 aliphatic heterocycles. The number of anilines is 1. The lowest BCUT2D eigenvalue weighted by Gasteiger charge is -2.00. The first-order valence-corrected chi connectivity index (χ1v) is 5.69. The first-order valence-electron chi connectivity index (χ1n) is 4.93. The third-order valence-corrected chi connectivity index (χ3v) is 3.34. The summed E-state index contributed by atoms with van der Waals surface area (Å²) in [5.41, 5.74) is 0.983. The van der Waals surface area contributed by atoms with Crippen molar-refractivity contribution in [3.8, 4) is 11.4 Å². The number of rotatable bonds is 1. The zero-order chi connectivity index (χ0) is 11.1. The van der Waals surface area contributed by atoms with Crippen molar-refractivity contribution in [2.24, 2.45) is 0 Å². The van der Waals surface area contributed by atoms with Crippen LogP contribution in [-0.2, 0) is 6.54 Å². The molecule has 0 atom stereocenters. The summed E-state index contributed by atoms with van der Waals surface area (Å²) < 4.78 is 2.08. The molecule has 2 heterocycles. The highest BCUT2D eigenvalue weighted by Gasteiger charge is 2.25. The fourth-order valence-electron chi connectivity index (χ4n) is 1.83. The summed E-state index contributed by atoms with van der Waals surface area (Å²) >= 11 is 11.9. The summed E-state index contributed by atoms with van der Waals surface area (Å²) in [5.74, 6) is 1.81. The summed E-state index contributed by atoms with van der Waals surface area (Å²) in [5, 5.41) is 11.5. The standard InChI is InChI=1S/C10H8Cl2N4/c11-7-2-1-6(5-8(7)12)9-14-15-10-13-3-4-16(9)10/h1-2,5H,3-4H2,(H,13,15)/p+1. The first-order chi connectivity index (χ1) is 7.75. The molecule has 1 aromatic carbocycles. The fourth-order valence-corrected chi connectivity index (χ4v) is 2.13. The highest BCUT2D eigenvalue weighted by molar-refractivity contribution is 6.42. The van der Waals surface area contributed by atoms with Crippen LogP contribution in [0.3, 0.4) is 0 Å². The van der Waals surface area contributed by atoms with Crippen molar-refractivity contribution >= 4 is 29.2 Å². The molecule has 0 spiro atoms. The number of nitrogens with one attached hydrogen (secondary N) is 2. The number of hydrogen-bond acceptors (Lipinski definition) is 2. The highest BCUT2D eigenvalue weighted by Crippen LogP contribution is 2.26. The Balaban J connectivity index is 2.11. The van der Waals surface area contributed by atoms with Gasteiger partial charge in [-0.25, -0.2) is 4.57 Å². The SMILES string of the molecule is Clc1ccc(-c2[nH]nc3[n+]2CCN3)cc1Cl. The van der Waals surface area contributed by atoms with Gasteiger partial charge in [-0.3, -0.25) is 5.32 Å². The van der Waals surface area contributed by atoms with E-state index in [0.29, 0.717) is 10.0 Å². The van der Waals surface area contributed by atoms with Gasteiger partial charge < -0.3 is 0 Å². The van der Waals surface area contributed by atoms with Crippen LogP contribution in [0.25, 0.3) is 11.4 Å². The minimum atomic E-state index is 0.550.